The fraction of sp³-hybridized carbons (Fsp3) is 0.0690. The van der Waals surface area contributed by atoms with Crippen molar-refractivity contribution in [3.63, 3.8) is 0 Å². The highest BCUT2D eigenvalue weighted by Gasteiger charge is 2.27. The van der Waals surface area contributed by atoms with Crippen LogP contribution in [-0.4, -0.2) is 29.5 Å². The van der Waals surface area contributed by atoms with E-state index in [0.717, 1.165) is 38.5 Å². The average Bonchev–Trinajstić information content (AvgIpc) is 3.50. The first-order chi connectivity index (χ1) is 17.5. The van der Waals surface area contributed by atoms with Gasteiger partial charge < -0.3 is 9.72 Å². The molecule has 3 aromatic carbocycles. The van der Waals surface area contributed by atoms with E-state index in [1.165, 1.54) is 3.97 Å². The predicted octanol–water partition coefficient (Wildman–Crippen LogP) is 6.41. The SMILES string of the molecule is COc1ccc2[nH]cc(-c3cc4c(-c5ccccc5)ccnc4n3S(=O)(=O)c3ccc(C)cc3)c2c1. The minimum Gasteiger partial charge on any atom is -0.497 e. The zero-order chi connectivity index (χ0) is 24.9. The maximum atomic E-state index is 14.1. The zero-order valence-electron chi connectivity index (χ0n) is 19.8. The monoisotopic (exact) mass is 493 g/mol. The number of aryl methyl sites for hydroxylation is 1. The molecule has 0 radical (unpaired) electrons. The largest absolute Gasteiger partial charge is 0.497 e. The van der Waals surface area contributed by atoms with E-state index in [-0.39, 0.29) is 4.90 Å². The molecular formula is C29H23N3O3S. The predicted molar refractivity (Wildman–Crippen MR) is 143 cm³/mol. The Morgan fingerprint density at radius 3 is 2.39 bits per heavy atom. The van der Waals surface area contributed by atoms with Crippen molar-refractivity contribution in [2.24, 2.45) is 0 Å². The lowest BCUT2D eigenvalue weighted by atomic mass is 10.0. The first-order valence-electron chi connectivity index (χ1n) is 11.5. The second kappa shape index (κ2) is 8.39. The molecule has 0 saturated carbocycles. The Labute approximate surface area is 208 Å². The van der Waals surface area contributed by atoms with Gasteiger partial charge in [0.05, 0.1) is 17.7 Å². The van der Waals surface area contributed by atoms with E-state index in [1.54, 1.807) is 37.6 Å². The quantitative estimate of drug-likeness (QED) is 0.301. The summed E-state index contributed by atoms with van der Waals surface area (Å²) in [7, 11) is -2.36. The highest BCUT2D eigenvalue weighted by atomic mass is 32.2. The van der Waals surface area contributed by atoms with E-state index in [0.29, 0.717) is 17.1 Å². The third-order valence-corrected chi connectivity index (χ3v) is 8.19. The molecule has 6 nitrogen and oxygen atoms in total. The molecule has 0 amide bonds. The van der Waals surface area contributed by atoms with Gasteiger partial charge in [0.15, 0.2) is 5.65 Å². The van der Waals surface area contributed by atoms with Crippen LogP contribution in [0.25, 0.3) is 44.3 Å². The van der Waals surface area contributed by atoms with Crippen LogP contribution in [0.1, 0.15) is 5.56 Å². The van der Waals surface area contributed by atoms with Gasteiger partial charge in [0.2, 0.25) is 0 Å². The third-order valence-electron chi connectivity index (χ3n) is 6.47. The molecule has 0 spiro atoms. The van der Waals surface area contributed by atoms with E-state index in [9.17, 15) is 8.42 Å². The molecule has 0 atom stereocenters. The molecule has 0 saturated heterocycles. The normalized spacial score (nSPS) is 11.8. The summed E-state index contributed by atoms with van der Waals surface area (Å²) in [5.74, 6) is 0.690. The summed E-state index contributed by atoms with van der Waals surface area (Å²) >= 11 is 0. The van der Waals surface area contributed by atoms with Crippen molar-refractivity contribution in [3.05, 3.63) is 103 Å². The molecule has 1 N–H and O–H groups in total. The summed E-state index contributed by atoms with van der Waals surface area (Å²) in [5, 5.41) is 1.62. The highest BCUT2D eigenvalue weighted by Crippen LogP contribution is 2.39. The maximum Gasteiger partial charge on any atom is 0.269 e. The maximum absolute atomic E-state index is 14.1. The number of ether oxygens (including phenoxy) is 1. The second-order valence-corrected chi connectivity index (χ2v) is 10.5. The standard InChI is InChI=1S/C29H23N3O3S/c1-19-8-11-22(12-9-19)36(33,34)32-28(26-18-31-27-13-10-21(35-2)16-24(26)27)17-25-23(14-15-30-29(25)32)20-6-4-3-5-7-20/h3-18,31H,1-2H3. The van der Waals surface area contributed by atoms with Gasteiger partial charge in [0, 0.05) is 34.2 Å². The molecule has 36 heavy (non-hydrogen) atoms. The first kappa shape index (κ1) is 22.1. The van der Waals surface area contributed by atoms with Gasteiger partial charge in [-0.25, -0.2) is 17.4 Å². The minimum absolute atomic E-state index is 0.205. The molecule has 0 aliphatic carbocycles. The summed E-state index contributed by atoms with van der Waals surface area (Å²) in [4.78, 5) is 8.05. The molecular weight excluding hydrogens is 470 g/mol. The molecule has 0 fully saturated rings. The van der Waals surface area contributed by atoms with Crippen LogP contribution >= 0.6 is 0 Å². The molecule has 0 aliphatic rings. The Hall–Kier alpha value is -4.36. The number of aromatic amines is 1. The van der Waals surface area contributed by atoms with Crippen LogP contribution in [0, 0.1) is 6.92 Å². The molecule has 6 rings (SSSR count). The van der Waals surface area contributed by atoms with Crippen molar-refractivity contribution in [3.8, 4) is 28.1 Å². The Kier molecular flexibility index (Phi) is 5.16. The van der Waals surface area contributed by atoms with Gasteiger partial charge in [-0.1, -0.05) is 48.0 Å². The number of fused-ring (bicyclic) bond motifs is 2. The van der Waals surface area contributed by atoms with Crippen LogP contribution in [0.2, 0.25) is 0 Å². The Balaban J connectivity index is 1.71. The van der Waals surface area contributed by atoms with Crippen molar-refractivity contribution in [2.75, 3.05) is 7.11 Å². The number of nitrogens with one attached hydrogen (secondary N) is 1. The lowest BCUT2D eigenvalue weighted by Crippen LogP contribution is -2.14. The third kappa shape index (κ3) is 3.48. The Morgan fingerprint density at radius 2 is 1.64 bits per heavy atom. The number of methoxy groups -OCH3 is 1. The van der Waals surface area contributed by atoms with Gasteiger partial charge in [0.1, 0.15) is 5.75 Å². The molecule has 3 aromatic heterocycles. The van der Waals surface area contributed by atoms with E-state index in [2.05, 4.69) is 9.97 Å². The van der Waals surface area contributed by atoms with Gasteiger partial charge in [-0.2, -0.15) is 0 Å². The second-order valence-electron chi connectivity index (χ2n) is 8.69. The van der Waals surface area contributed by atoms with Gasteiger partial charge in [0.25, 0.3) is 10.0 Å². The van der Waals surface area contributed by atoms with Crippen molar-refractivity contribution < 1.29 is 13.2 Å². The molecule has 3 heterocycles. The van der Waals surface area contributed by atoms with Crippen LogP contribution in [0.5, 0.6) is 5.75 Å². The zero-order valence-corrected chi connectivity index (χ0v) is 20.6. The van der Waals surface area contributed by atoms with Gasteiger partial charge in [-0.05, 0) is 60.5 Å². The molecule has 0 aliphatic heterocycles. The summed E-state index contributed by atoms with van der Waals surface area (Å²) in [5.41, 5.74) is 5.42. The Morgan fingerprint density at radius 1 is 0.861 bits per heavy atom. The van der Waals surface area contributed by atoms with E-state index < -0.39 is 10.0 Å². The Bertz CT molecular complexity index is 1830. The number of hydrogen-bond acceptors (Lipinski definition) is 4. The van der Waals surface area contributed by atoms with Crippen LogP contribution in [-0.2, 0) is 10.0 Å². The number of aromatic nitrogens is 3. The van der Waals surface area contributed by atoms with E-state index in [1.807, 2.05) is 73.8 Å². The minimum atomic E-state index is -3.97. The summed E-state index contributed by atoms with van der Waals surface area (Å²) in [6.45, 7) is 1.93. The van der Waals surface area contributed by atoms with E-state index >= 15 is 0 Å². The fourth-order valence-electron chi connectivity index (χ4n) is 4.63. The van der Waals surface area contributed by atoms with Gasteiger partial charge in [-0.15, -0.1) is 0 Å². The fourth-order valence-corrected chi connectivity index (χ4v) is 6.10. The highest BCUT2D eigenvalue weighted by molar-refractivity contribution is 7.90. The molecule has 0 unspecified atom stereocenters. The van der Waals surface area contributed by atoms with Crippen molar-refractivity contribution in [1.82, 2.24) is 13.9 Å². The number of pyridine rings is 1. The van der Waals surface area contributed by atoms with Crippen LogP contribution in [0.15, 0.2) is 102 Å². The van der Waals surface area contributed by atoms with Crippen LogP contribution in [0.4, 0.5) is 0 Å². The smallest absolute Gasteiger partial charge is 0.269 e. The topological polar surface area (TPSA) is 77.0 Å². The lowest BCUT2D eigenvalue weighted by Gasteiger charge is -2.12. The van der Waals surface area contributed by atoms with Crippen molar-refractivity contribution in [1.29, 1.82) is 0 Å². The number of rotatable bonds is 5. The molecule has 178 valence electrons. The molecule has 7 heteroatoms. The van der Waals surface area contributed by atoms with Crippen LogP contribution < -0.4 is 4.74 Å². The summed E-state index contributed by atoms with van der Waals surface area (Å²) in [6, 6.07) is 26.3. The number of nitrogens with zero attached hydrogens (tertiary/aromatic N) is 2. The summed E-state index contributed by atoms with van der Waals surface area (Å²) < 4.78 is 35.1. The summed E-state index contributed by atoms with van der Waals surface area (Å²) in [6.07, 6.45) is 3.50. The number of H-pyrrole nitrogens is 1. The van der Waals surface area contributed by atoms with Crippen molar-refractivity contribution in [2.45, 2.75) is 11.8 Å². The van der Waals surface area contributed by atoms with Crippen molar-refractivity contribution >= 4 is 32.0 Å². The number of benzene rings is 3. The van der Waals surface area contributed by atoms with Gasteiger partial charge in [-0.3, -0.25) is 0 Å². The number of hydrogen-bond donors (Lipinski definition) is 1. The van der Waals surface area contributed by atoms with E-state index in [4.69, 9.17) is 4.74 Å². The molecule has 0 bridgehead atoms. The van der Waals surface area contributed by atoms with Gasteiger partial charge >= 0.3 is 0 Å². The lowest BCUT2D eigenvalue weighted by molar-refractivity contribution is 0.415. The first-order valence-corrected chi connectivity index (χ1v) is 12.9. The average molecular weight is 494 g/mol. The molecule has 6 aromatic rings. The van der Waals surface area contributed by atoms with Crippen LogP contribution in [0.3, 0.4) is 0 Å².